The number of carbonyl (C=O) groups is 1. The molecule has 0 unspecified atom stereocenters. The zero-order valence-electron chi connectivity index (χ0n) is 17.7. The predicted octanol–water partition coefficient (Wildman–Crippen LogP) is 5.26. The number of oxazole rings is 1. The summed E-state index contributed by atoms with van der Waals surface area (Å²) < 4.78 is 17.3. The number of nitrogens with zero attached hydrogens (tertiary/aromatic N) is 1. The molecular formula is C25H27NO5. The number of aromatic nitrogens is 1. The number of aryl methyl sites for hydroxylation is 2. The molecule has 0 fully saturated rings. The molecule has 162 valence electrons. The van der Waals surface area contributed by atoms with E-state index >= 15 is 0 Å². The molecule has 1 aromatic heterocycles. The van der Waals surface area contributed by atoms with Crippen molar-refractivity contribution in [1.29, 1.82) is 0 Å². The van der Waals surface area contributed by atoms with Crippen LogP contribution in [0.25, 0.3) is 11.5 Å². The fourth-order valence-electron chi connectivity index (χ4n) is 3.95. The van der Waals surface area contributed by atoms with Gasteiger partial charge in [-0.2, -0.15) is 0 Å². The Balaban J connectivity index is 1.24. The van der Waals surface area contributed by atoms with Gasteiger partial charge >= 0.3 is 5.97 Å². The van der Waals surface area contributed by atoms with Crippen molar-refractivity contribution in [2.24, 2.45) is 0 Å². The first-order valence-corrected chi connectivity index (χ1v) is 10.8. The van der Waals surface area contributed by atoms with Crippen molar-refractivity contribution in [3.63, 3.8) is 0 Å². The number of fused-ring (bicyclic) bond motifs is 1. The van der Waals surface area contributed by atoms with Crippen LogP contribution in [0.15, 0.2) is 53.1 Å². The summed E-state index contributed by atoms with van der Waals surface area (Å²) in [6.07, 6.45) is 5.28. The number of carboxylic acid groups (broad SMARTS) is 1. The van der Waals surface area contributed by atoms with Gasteiger partial charge in [0.25, 0.3) is 0 Å². The molecule has 0 radical (unpaired) electrons. The Morgan fingerprint density at radius 3 is 2.71 bits per heavy atom. The van der Waals surface area contributed by atoms with Gasteiger partial charge in [-0.25, -0.2) is 4.98 Å². The van der Waals surface area contributed by atoms with Crippen LogP contribution in [0.5, 0.6) is 11.5 Å². The summed E-state index contributed by atoms with van der Waals surface area (Å²) >= 11 is 0. The molecule has 0 amide bonds. The monoisotopic (exact) mass is 421 g/mol. The molecule has 1 aliphatic rings. The van der Waals surface area contributed by atoms with E-state index in [4.69, 9.17) is 19.0 Å². The maximum atomic E-state index is 11.0. The van der Waals surface area contributed by atoms with E-state index in [0.29, 0.717) is 19.1 Å². The average Bonchev–Trinajstić information content (AvgIpc) is 3.40. The van der Waals surface area contributed by atoms with E-state index in [2.05, 4.69) is 4.98 Å². The molecule has 0 spiro atoms. The van der Waals surface area contributed by atoms with Crippen molar-refractivity contribution < 1.29 is 23.8 Å². The molecule has 1 aliphatic carbocycles. The minimum absolute atomic E-state index is 0.121. The van der Waals surface area contributed by atoms with Crippen LogP contribution in [-0.2, 0) is 17.6 Å². The van der Waals surface area contributed by atoms with E-state index in [-0.39, 0.29) is 12.3 Å². The molecular weight excluding hydrogens is 394 g/mol. The van der Waals surface area contributed by atoms with E-state index in [0.717, 1.165) is 54.0 Å². The lowest BCUT2D eigenvalue weighted by Crippen LogP contribution is -2.05. The molecule has 1 atom stereocenters. The summed E-state index contributed by atoms with van der Waals surface area (Å²) in [6.45, 7) is 3.14. The van der Waals surface area contributed by atoms with Crippen LogP contribution in [0.2, 0.25) is 0 Å². The lowest BCUT2D eigenvalue weighted by Gasteiger charge is -2.11. The molecule has 31 heavy (non-hydrogen) atoms. The maximum Gasteiger partial charge on any atom is 0.303 e. The van der Waals surface area contributed by atoms with Gasteiger partial charge in [-0.1, -0.05) is 19.1 Å². The van der Waals surface area contributed by atoms with Crippen LogP contribution < -0.4 is 9.47 Å². The predicted molar refractivity (Wildman–Crippen MR) is 117 cm³/mol. The number of hydrogen-bond acceptors (Lipinski definition) is 5. The minimum atomic E-state index is -0.741. The third-order valence-corrected chi connectivity index (χ3v) is 5.56. The Morgan fingerprint density at radius 1 is 1.16 bits per heavy atom. The third kappa shape index (κ3) is 5.26. The lowest BCUT2D eigenvalue weighted by atomic mass is 9.98. The fraction of sp³-hybridized carbons (Fsp3) is 0.360. The highest BCUT2D eigenvalue weighted by Gasteiger charge is 2.24. The van der Waals surface area contributed by atoms with E-state index < -0.39 is 5.97 Å². The Hall–Kier alpha value is -3.28. The Labute approximate surface area is 181 Å². The van der Waals surface area contributed by atoms with Gasteiger partial charge in [0.15, 0.2) is 0 Å². The normalized spacial score (nSPS) is 14.9. The van der Waals surface area contributed by atoms with Gasteiger partial charge in [-0.05, 0) is 66.6 Å². The SMILES string of the molecule is CCc1coc(-c2cccc(OCCCOc3ccc4c(c3)CC[C@H]4CC(=O)O)c2)n1. The van der Waals surface area contributed by atoms with E-state index in [1.165, 1.54) is 5.56 Å². The second kappa shape index (κ2) is 9.69. The van der Waals surface area contributed by atoms with Gasteiger partial charge in [0, 0.05) is 12.0 Å². The first-order chi connectivity index (χ1) is 15.1. The van der Waals surface area contributed by atoms with Crippen LogP contribution in [0.1, 0.15) is 48.9 Å². The number of hydrogen-bond donors (Lipinski definition) is 1. The smallest absolute Gasteiger partial charge is 0.303 e. The molecule has 0 saturated carbocycles. The van der Waals surface area contributed by atoms with Gasteiger partial charge < -0.3 is 19.0 Å². The third-order valence-electron chi connectivity index (χ3n) is 5.56. The Bertz CT molecular complexity index is 1040. The Kier molecular flexibility index (Phi) is 6.55. The van der Waals surface area contributed by atoms with Crippen LogP contribution in [-0.4, -0.2) is 29.3 Å². The molecule has 1 N–H and O–H groups in total. The standard InChI is InChI=1S/C25H27NO5/c1-2-20-16-31-25(26-20)19-5-3-6-21(14-19)29-11-4-12-30-22-9-10-23-17(13-22)7-8-18(23)15-24(27)28/h3,5-6,9-10,13-14,16,18H,2,4,7-8,11-12,15H2,1H3,(H,27,28)/t18-/m0/s1. The number of rotatable bonds is 10. The second-order valence-electron chi connectivity index (χ2n) is 7.77. The average molecular weight is 421 g/mol. The summed E-state index contributed by atoms with van der Waals surface area (Å²) in [5.74, 6) is 1.58. The molecule has 0 bridgehead atoms. The fourth-order valence-corrected chi connectivity index (χ4v) is 3.95. The van der Waals surface area contributed by atoms with Crippen LogP contribution in [0.4, 0.5) is 0 Å². The van der Waals surface area contributed by atoms with Gasteiger partial charge in [0.1, 0.15) is 17.8 Å². The van der Waals surface area contributed by atoms with Gasteiger partial charge in [-0.15, -0.1) is 0 Å². The number of aliphatic carboxylic acids is 1. The summed E-state index contributed by atoms with van der Waals surface area (Å²) in [6, 6.07) is 13.7. The topological polar surface area (TPSA) is 81.8 Å². The minimum Gasteiger partial charge on any atom is -0.493 e. The van der Waals surface area contributed by atoms with Crippen LogP contribution in [0, 0.1) is 0 Å². The molecule has 6 heteroatoms. The lowest BCUT2D eigenvalue weighted by molar-refractivity contribution is -0.137. The molecule has 0 aliphatic heterocycles. The van der Waals surface area contributed by atoms with Crippen LogP contribution >= 0.6 is 0 Å². The quantitative estimate of drug-likeness (QED) is 0.450. The van der Waals surface area contributed by atoms with Crippen molar-refractivity contribution in [2.45, 2.75) is 44.9 Å². The van der Waals surface area contributed by atoms with Crippen molar-refractivity contribution in [3.8, 4) is 23.0 Å². The molecule has 0 saturated heterocycles. The van der Waals surface area contributed by atoms with E-state index in [9.17, 15) is 4.79 Å². The van der Waals surface area contributed by atoms with Crippen molar-refractivity contribution in [2.75, 3.05) is 13.2 Å². The maximum absolute atomic E-state index is 11.0. The van der Waals surface area contributed by atoms with Gasteiger partial charge in [0.05, 0.1) is 25.3 Å². The highest BCUT2D eigenvalue weighted by atomic mass is 16.5. The zero-order chi connectivity index (χ0) is 21.6. The molecule has 1 heterocycles. The number of ether oxygens (including phenoxy) is 2. The van der Waals surface area contributed by atoms with E-state index in [1.807, 2.05) is 49.4 Å². The van der Waals surface area contributed by atoms with Crippen molar-refractivity contribution in [1.82, 2.24) is 4.98 Å². The highest BCUT2D eigenvalue weighted by Crippen LogP contribution is 2.37. The van der Waals surface area contributed by atoms with Crippen molar-refractivity contribution in [3.05, 3.63) is 65.5 Å². The van der Waals surface area contributed by atoms with E-state index in [1.54, 1.807) is 6.26 Å². The molecule has 3 aromatic rings. The van der Waals surface area contributed by atoms with Crippen molar-refractivity contribution >= 4 is 5.97 Å². The highest BCUT2D eigenvalue weighted by molar-refractivity contribution is 5.68. The van der Waals surface area contributed by atoms with Gasteiger partial charge in [-0.3, -0.25) is 4.79 Å². The first kappa shape index (κ1) is 21.0. The number of carboxylic acids is 1. The second-order valence-corrected chi connectivity index (χ2v) is 7.77. The summed E-state index contributed by atoms with van der Waals surface area (Å²) in [7, 11) is 0. The summed E-state index contributed by atoms with van der Waals surface area (Å²) in [4.78, 5) is 15.5. The number of benzene rings is 2. The summed E-state index contributed by atoms with van der Waals surface area (Å²) in [5, 5.41) is 9.04. The largest absolute Gasteiger partial charge is 0.493 e. The molecule has 4 rings (SSSR count). The van der Waals surface area contributed by atoms with Crippen LogP contribution in [0.3, 0.4) is 0 Å². The Morgan fingerprint density at radius 2 is 1.97 bits per heavy atom. The first-order valence-electron chi connectivity index (χ1n) is 10.8. The molecule has 2 aromatic carbocycles. The molecule has 6 nitrogen and oxygen atoms in total. The summed E-state index contributed by atoms with van der Waals surface area (Å²) in [5.41, 5.74) is 4.18. The van der Waals surface area contributed by atoms with Gasteiger partial charge in [0.2, 0.25) is 5.89 Å². The zero-order valence-corrected chi connectivity index (χ0v) is 17.7.